The van der Waals surface area contributed by atoms with Crippen LogP contribution in [0.5, 0.6) is 5.88 Å². The van der Waals surface area contributed by atoms with Gasteiger partial charge in [0, 0.05) is 22.2 Å². The van der Waals surface area contributed by atoms with E-state index in [2.05, 4.69) is 9.97 Å². The van der Waals surface area contributed by atoms with E-state index in [1.807, 2.05) is 60.7 Å². The smallest absolute Gasteiger partial charge is 0.227 e. The molecule has 0 amide bonds. The Kier molecular flexibility index (Phi) is 3.67. The minimum absolute atomic E-state index is 0.567. The number of halogens is 1. The highest BCUT2D eigenvalue weighted by molar-refractivity contribution is 6.30. The van der Waals surface area contributed by atoms with Gasteiger partial charge in [-0.3, -0.25) is 0 Å². The van der Waals surface area contributed by atoms with E-state index in [9.17, 15) is 0 Å². The molecule has 0 spiro atoms. The third-order valence-corrected chi connectivity index (χ3v) is 3.96. The topological polar surface area (TPSA) is 48.2 Å². The van der Waals surface area contributed by atoms with E-state index in [4.69, 9.17) is 20.8 Å². The Balaban J connectivity index is 1.76. The number of hydrogen-bond acceptors (Lipinski definition) is 4. The summed E-state index contributed by atoms with van der Waals surface area (Å²) >= 11 is 5.92. The lowest BCUT2D eigenvalue weighted by atomic mass is 10.1. The number of fused-ring (bicyclic) bond motifs is 1. The fourth-order valence-electron chi connectivity index (χ4n) is 2.49. The fourth-order valence-corrected chi connectivity index (χ4v) is 2.62. The summed E-state index contributed by atoms with van der Waals surface area (Å²) in [5.74, 6) is 1.15. The fraction of sp³-hybridized carbons (Fsp3) is 0.0526. The lowest BCUT2D eigenvalue weighted by molar-refractivity contribution is 0.398. The van der Waals surface area contributed by atoms with Gasteiger partial charge in [-0.05, 0) is 48.5 Å². The van der Waals surface area contributed by atoms with E-state index in [1.54, 1.807) is 7.11 Å². The van der Waals surface area contributed by atoms with Gasteiger partial charge in [-0.15, -0.1) is 0 Å². The Morgan fingerprint density at radius 1 is 0.917 bits per heavy atom. The number of rotatable bonds is 3. The molecule has 0 saturated heterocycles. The molecule has 0 saturated carbocycles. The molecule has 0 radical (unpaired) electrons. The molecule has 118 valence electrons. The average molecular weight is 337 g/mol. The van der Waals surface area contributed by atoms with Crippen LogP contribution in [-0.2, 0) is 0 Å². The van der Waals surface area contributed by atoms with Gasteiger partial charge in [0.1, 0.15) is 5.52 Å². The number of hydrogen-bond donors (Lipinski definition) is 0. The number of pyridine rings is 1. The van der Waals surface area contributed by atoms with Crippen LogP contribution in [0.3, 0.4) is 0 Å². The van der Waals surface area contributed by atoms with Crippen LogP contribution in [0.25, 0.3) is 33.8 Å². The van der Waals surface area contributed by atoms with Gasteiger partial charge in [0.25, 0.3) is 0 Å². The molecule has 0 aliphatic carbocycles. The van der Waals surface area contributed by atoms with Gasteiger partial charge in [0.15, 0.2) is 5.58 Å². The standard InChI is InChI=1S/C19H13ClN2O2/c1-23-18-4-2-3-15(21-18)13-7-10-17-16(11-13)22-19(24-17)12-5-8-14(20)9-6-12/h2-11H,1H3. The summed E-state index contributed by atoms with van der Waals surface area (Å²) in [4.78, 5) is 9.02. The predicted octanol–water partition coefficient (Wildman–Crippen LogP) is 5.22. The van der Waals surface area contributed by atoms with Gasteiger partial charge in [0.2, 0.25) is 11.8 Å². The molecule has 0 atom stereocenters. The van der Waals surface area contributed by atoms with Crippen molar-refractivity contribution in [3.63, 3.8) is 0 Å². The summed E-state index contributed by atoms with van der Waals surface area (Å²) in [5.41, 5.74) is 4.18. The van der Waals surface area contributed by atoms with Crippen molar-refractivity contribution in [1.82, 2.24) is 9.97 Å². The lowest BCUT2D eigenvalue weighted by Gasteiger charge is -2.03. The molecule has 2 aromatic heterocycles. The zero-order valence-electron chi connectivity index (χ0n) is 12.9. The van der Waals surface area contributed by atoms with Crippen LogP contribution in [0, 0.1) is 0 Å². The van der Waals surface area contributed by atoms with Crippen molar-refractivity contribution >= 4 is 22.7 Å². The van der Waals surface area contributed by atoms with Crippen LogP contribution in [0.2, 0.25) is 5.02 Å². The van der Waals surface area contributed by atoms with Crippen LogP contribution >= 0.6 is 11.6 Å². The Bertz CT molecular complexity index is 1010. The molecular weight excluding hydrogens is 324 g/mol. The van der Waals surface area contributed by atoms with Crippen LogP contribution in [-0.4, -0.2) is 17.1 Å². The van der Waals surface area contributed by atoms with E-state index >= 15 is 0 Å². The van der Waals surface area contributed by atoms with Gasteiger partial charge in [-0.25, -0.2) is 9.97 Å². The van der Waals surface area contributed by atoms with E-state index < -0.39 is 0 Å². The maximum Gasteiger partial charge on any atom is 0.227 e. The SMILES string of the molecule is COc1cccc(-c2ccc3oc(-c4ccc(Cl)cc4)nc3c2)n1. The molecule has 0 bridgehead atoms. The normalized spacial score (nSPS) is 10.9. The van der Waals surface area contributed by atoms with Crippen molar-refractivity contribution in [3.05, 3.63) is 65.7 Å². The predicted molar refractivity (Wildman–Crippen MR) is 94.2 cm³/mol. The highest BCUT2D eigenvalue weighted by Crippen LogP contribution is 2.28. The summed E-state index contributed by atoms with van der Waals surface area (Å²) in [6.45, 7) is 0. The van der Waals surface area contributed by atoms with Crippen molar-refractivity contribution in [2.75, 3.05) is 7.11 Å². The molecule has 5 heteroatoms. The summed E-state index contributed by atoms with van der Waals surface area (Å²) in [7, 11) is 1.60. The van der Waals surface area contributed by atoms with Crippen molar-refractivity contribution < 1.29 is 9.15 Å². The molecular formula is C19H13ClN2O2. The summed E-state index contributed by atoms with van der Waals surface area (Å²) in [6, 6.07) is 18.9. The van der Waals surface area contributed by atoms with Crippen molar-refractivity contribution in [2.24, 2.45) is 0 Å². The lowest BCUT2D eigenvalue weighted by Crippen LogP contribution is -1.89. The van der Waals surface area contributed by atoms with Crippen LogP contribution in [0.1, 0.15) is 0 Å². The first-order valence-corrected chi connectivity index (χ1v) is 7.79. The van der Waals surface area contributed by atoms with Crippen LogP contribution < -0.4 is 4.74 Å². The van der Waals surface area contributed by atoms with E-state index in [1.165, 1.54) is 0 Å². The third-order valence-electron chi connectivity index (χ3n) is 3.71. The van der Waals surface area contributed by atoms with Gasteiger partial charge in [0.05, 0.1) is 12.8 Å². The van der Waals surface area contributed by atoms with Crippen LogP contribution in [0.4, 0.5) is 0 Å². The Labute approximate surface area is 143 Å². The Morgan fingerprint density at radius 3 is 2.50 bits per heavy atom. The molecule has 2 heterocycles. The molecule has 0 fully saturated rings. The second kappa shape index (κ2) is 5.98. The number of oxazole rings is 1. The molecule has 0 aliphatic rings. The number of aromatic nitrogens is 2. The summed E-state index contributed by atoms with van der Waals surface area (Å²) in [5, 5.41) is 0.682. The van der Waals surface area contributed by atoms with Gasteiger partial charge in [-0.1, -0.05) is 17.7 Å². The van der Waals surface area contributed by atoms with E-state index in [-0.39, 0.29) is 0 Å². The van der Waals surface area contributed by atoms with Crippen molar-refractivity contribution in [3.8, 4) is 28.6 Å². The number of methoxy groups -OCH3 is 1. The quantitative estimate of drug-likeness (QED) is 0.514. The summed E-state index contributed by atoms with van der Waals surface area (Å²) in [6.07, 6.45) is 0. The van der Waals surface area contributed by atoms with Crippen molar-refractivity contribution in [1.29, 1.82) is 0 Å². The highest BCUT2D eigenvalue weighted by Gasteiger charge is 2.10. The first-order valence-electron chi connectivity index (χ1n) is 7.41. The average Bonchev–Trinajstić information content (AvgIpc) is 3.05. The molecule has 0 unspecified atom stereocenters. The Morgan fingerprint density at radius 2 is 1.71 bits per heavy atom. The van der Waals surface area contributed by atoms with Gasteiger partial charge >= 0.3 is 0 Å². The molecule has 4 rings (SSSR count). The molecule has 0 aliphatic heterocycles. The Hall–Kier alpha value is -2.85. The van der Waals surface area contributed by atoms with Crippen LogP contribution in [0.15, 0.2) is 65.1 Å². The molecule has 4 nitrogen and oxygen atoms in total. The van der Waals surface area contributed by atoms with E-state index in [0.717, 1.165) is 27.9 Å². The largest absolute Gasteiger partial charge is 0.481 e. The minimum Gasteiger partial charge on any atom is -0.481 e. The minimum atomic E-state index is 0.567. The first-order chi connectivity index (χ1) is 11.7. The summed E-state index contributed by atoms with van der Waals surface area (Å²) < 4.78 is 11.0. The highest BCUT2D eigenvalue weighted by atomic mass is 35.5. The monoisotopic (exact) mass is 336 g/mol. The molecule has 2 aromatic carbocycles. The molecule has 24 heavy (non-hydrogen) atoms. The van der Waals surface area contributed by atoms with Gasteiger partial charge < -0.3 is 9.15 Å². The number of nitrogens with zero attached hydrogens (tertiary/aromatic N) is 2. The van der Waals surface area contributed by atoms with Crippen molar-refractivity contribution in [2.45, 2.75) is 0 Å². The molecule has 0 N–H and O–H groups in total. The molecule has 4 aromatic rings. The number of benzene rings is 2. The first kappa shape index (κ1) is 14.7. The number of ether oxygens (including phenoxy) is 1. The maximum atomic E-state index is 5.92. The van der Waals surface area contributed by atoms with E-state index in [0.29, 0.717) is 16.8 Å². The second-order valence-corrected chi connectivity index (χ2v) is 5.71. The zero-order valence-corrected chi connectivity index (χ0v) is 13.6. The second-order valence-electron chi connectivity index (χ2n) is 5.27. The third kappa shape index (κ3) is 2.72. The zero-order chi connectivity index (χ0) is 16.5. The van der Waals surface area contributed by atoms with Gasteiger partial charge in [-0.2, -0.15) is 0 Å². The maximum absolute atomic E-state index is 5.92.